The summed E-state index contributed by atoms with van der Waals surface area (Å²) in [4.78, 5) is 12.0. The summed E-state index contributed by atoms with van der Waals surface area (Å²) in [6.07, 6.45) is 1.88. The largest absolute Gasteiger partial charge is 0.338 e. The number of rotatable bonds is 4. The molecule has 1 aromatic heterocycles. The van der Waals surface area contributed by atoms with Crippen LogP contribution in [0, 0.1) is 5.82 Å². The summed E-state index contributed by atoms with van der Waals surface area (Å²) in [5, 5.41) is 5.16. The van der Waals surface area contributed by atoms with E-state index in [2.05, 4.69) is 10.5 Å². The van der Waals surface area contributed by atoms with Crippen molar-refractivity contribution in [2.75, 3.05) is 0 Å². The van der Waals surface area contributed by atoms with E-state index >= 15 is 0 Å². The molecule has 116 valence electrons. The zero-order valence-electron chi connectivity index (χ0n) is 12.7. The molecule has 0 spiro atoms. The van der Waals surface area contributed by atoms with Crippen LogP contribution < -0.4 is 5.43 Å². The van der Waals surface area contributed by atoms with Crippen molar-refractivity contribution >= 4 is 22.5 Å². The summed E-state index contributed by atoms with van der Waals surface area (Å²) in [5.41, 5.74) is 4.92. The van der Waals surface area contributed by atoms with Gasteiger partial charge < -0.3 is 4.57 Å². The molecule has 0 saturated heterocycles. The Labute approximate surface area is 133 Å². The van der Waals surface area contributed by atoms with Gasteiger partial charge in [0.05, 0.1) is 5.71 Å². The molecular formula is C18H16FN3O. The fraction of sp³-hybridized carbons (Fsp3) is 0.111. The molecule has 0 radical (unpaired) electrons. The summed E-state index contributed by atoms with van der Waals surface area (Å²) < 4.78 is 14.8. The number of para-hydroxylation sites is 1. The van der Waals surface area contributed by atoms with E-state index in [-0.39, 0.29) is 18.3 Å². The third-order valence-corrected chi connectivity index (χ3v) is 3.60. The molecule has 0 aliphatic rings. The maximum Gasteiger partial charge on any atom is 0.259 e. The van der Waals surface area contributed by atoms with Crippen LogP contribution in [0.5, 0.6) is 0 Å². The number of amides is 1. The Morgan fingerprint density at radius 3 is 2.65 bits per heavy atom. The SMILES string of the molecule is C/C(=N/NC(=O)Cn1ccc2ccccc21)c1ccc(F)cc1. The molecule has 4 nitrogen and oxygen atoms in total. The molecule has 2 aromatic carbocycles. The van der Waals surface area contributed by atoms with Gasteiger partial charge >= 0.3 is 0 Å². The molecule has 0 bridgehead atoms. The van der Waals surface area contributed by atoms with Crippen LogP contribution in [0.25, 0.3) is 10.9 Å². The Hall–Kier alpha value is -2.95. The molecule has 0 atom stereocenters. The highest BCUT2D eigenvalue weighted by Crippen LogP contribution is 2.14. The van der Waals surface area contributed by atoms with Crippen LogP contribution in [-0.4, -0.2) is 16.2 Å². The van der Waals surface area contributed by atoms with Crippen LogP contribution in [0.1, 0.15) is 12.5 Å². The zero-order valence-corrected chi connectivity index (χ0v) is 12.7. The van der Waals surface area contributed by atoms with Crippen LogP contribution >= 0.6 is 0 Å². The van der Waals surface area contributed by atoms with Crippen molar-refractivity contribution in [2.45, 2.75) is 13.5 Å². The number of hydrazone groups is 1. The van der Waals surface area contributed by atoms with E-state index in [4.69, 9.17) is 0 Å². The molecule has 5 heteroatoms. The minimum atomic E-state index is -0.301. The number of nitrogens with one attached hydrogen (secondary N) is 1. The fourth-order valence-electron chi connectivity index (χ4n) is 2.37. The number of hydrogen-bond donors (Lipinski definition) is 1. The summed E-state index contributed by atoms with van der Waals surface area (Å²) in [6, 6.07) is 15.8. The molecule has 0 saturated carbocycles. The van der Waals surface area contributed by atoms with Crippen molar-refractivity contribution in [3.05, 3.63) is 72.2 Å². The van der Waals surface area contributed by atoms with E-state index in [1.165, 1.54) is 12.1 Å². The first-order chi connectivity index (χ1) is 11.1. The lowest BCUT2D eigenvalue weighted by Gasteiger charge is -2.05. The monoisotopic (exact) mass is 309 g/mol. The summed E-state index contributed by atoms with van der Waals surface area (Å²) in [7, 11) is 0. The van der Waals surface area contributed by atoms with Crippen molar-refractivity contribution in [1.82, 2.24) is 9.99 Å². The number of halogens is 1. The Morgan fingerprint density at radius 2 is 1.87 bits per heavy atom. The number of benzene rings is 2. The number of carbonyl (C=O) groups is 1. The summed E-state index contributed by atoms with van der Waals surface area (Å²) in [6.45, 7) is 1.95. The Bertz CT molecular complexity index is 865. The van der Waals surface area contributed by atoms with E-state index in [0.29, 0.717) is 5.71 Å². The number of carbonyl (C=O) groups excluding carboxylic acids is 1. The number of fused-ring (bicyclic) bond motifs is 1. The molecule has 3 rings (SSSR count). The second-order valence-corrected chi connectivity index (χ2v) is 5.24. The zero-order chi connectivity index (χ0) is 16.2. The van der Waals surface area contributed by atoms with E-state index in [1.54, 1.807) is 19.1 Å². The van der Waals surface area contributed by atoms with Gasteiger partial charge in [0, 0.05) is 11.7 Å². The second kappa shape index (κ2) is 6.44. The average molecular weight is 309 g/mol. The van der Waals surface area contributed by atoms with Crippen molar-refractivity contribution in [3.8, 4) is 0 Å². The number of aromatic nitrogens is 1. The molecule has 1 amide bonds. The third kappa shape index (κ3) is 3.45. The van der Waals surface area contributed by atoms with Gasteiger partial charge in [0.25, 0.3) is 5.91 Å². The summed E-state index contributed by atoms with van der Waals surface area (Å²) >= 11 is 0. The van der Waals surface area contributed by atoms with Crippen molar-refractivity contribution in [1.29, 1.82) is 0 Å². The topological polar surface area (TPSA) is 46.4 Å². The van der Waals surface area contributed by atoms with Crippen LogP contribution in [0.4, 0.5) is 4.39 Å². The van der Waals surface area contributed by atoms with Crippen molar-refractivity contribution in [3.63, 3.8) is 0 Å². The molecule has 3 aromatic rings. The highest BCUT2D eigenvalue weighted by Gasteiger charge is 2.05. The van der Waals surface area contributed by atoms with Crippen LogP contribution in [0.3, 0.4) is 0 Å². The quantitative estimate of drug-likeness (QED) is 0.583. The molecule has 0 fully saturated rings. The van der Waals surface area contributed by atoms with Crippen molar-refractivity contribution < 1.29 is 9.18 Å². The molecular weight excluding hydrogens is 293 g/mol. The van der Waals surface area contributed by atoms with Gasteiger partial charge in [-0.2, -0.15) is 5.10 Å². The van der Waals surface area contributed by atoms with Gasteiger partial charge in [-0.15, -0.1) is 0 Å². The first kappa shape index (κ1) is 15.0. The molecule has 1 heterocycles. The minimum absolute atomic E-state index is 0.188. The van der Waals surface area contributed by atoms with Crippen LogP contribution in [0.2, 0.25) is 0 Å². The van der Waals surface area contributed by atoms with E-state index in [9.17, 15) is 9.18 Å². The first-order valence-corrected chi connectivity index (χ1v) is 7.26. The van der Waals surface area contributed by atoms with Crippen LogP contribution in [0.15, 0.2) is 65.9 Å². The smallest absolute Gasteiger partial charge is 0.259 e. The van der Waals surface area contributed by atoms with Gasteiger partial charge in [-0.05, 0) is 42.1 Å². The van der Waals surface area contributed by atoms with E-state index < -0.39 is 0 Å². The Kier molecular flexibility index (Phi) is 4.19. The number of nitrogens with zero attached hydrogens (tertiary/aromatic N) is 2. The van der Waals surface area contributed by atoms with Gasteiger partial charge in [-0.3, -0.25) is 4.79 Å². The van der Waals surface area contributed by atoms with E-state index in [0.717, 1.165) is 16.5 Å². The molecule has 0 aliphatic heterocycles. The summed E-state index contributed by atoms with van der Waals surface area (Å²) in [5.74, 6) is -0.516. The fourth-order valence-corrected chi connectivity index (χ4v) is 2.37. The predicted octanol–water partition coefficient (Wildman–Crippen LogP) is 3.32. The standard InChI is InChI=1S/C18H16FN3O/c1-13(14-6-8-16(19)9-7-14)20-21-18(23)12-22-11-10-15-4-2-3-5-17(15)22/h2-11H,12H2,1H3,(H,21,23)/b20-13-. The van der Waals surface area contributed by atoms with Gasteiger partial charge in [0.2, 0.25) is 0 Å². The second-order valence-electron chi connectivity index (χ2n) is 5.24. The Morgan fingerprint density at radius 1 is 1.13 bits per heavy atom. The highest BCUT2D eigenvalue weighted by atomic mass is 19.1. The lowest BCUT2D eigenvalue weighted by atomic mass is 10.1. The van der Waals surface area contributed by atoms with Gasteiger partial charge in [-0.1, -0.05) is 30.3 Å². The minimum Gasteiger partial charge on any atom is -0.338 e. The van der Waals surface area contributed by atoms with Crippen molar-refractivity contribution in [2.24, 2.45) is 5.10 Å². The first-order valence-electron chi connectivity index (χ1n) is 7.26. The number of hydrogen-bond acceptors (Lipinski definition) is 2. The Balaban J connectivity index is 1.67. The average Bonchev–Trinajstić information content (AvgIpc) is 2.96. The van der Waals surface area contributed by atoms with Gasteiger partial charge in [0.15, 0.2) is 0 Å². The normalized spacial score (nSPS) is 11.7. The van der Waals surface area contributed by atoms with Gasteiger partial charge in [0.1, 0.15) is 12.4 Å². The van der Waals surface area contributed by atoms with Crippen LogP contribution in [-0.2, 0) is 11.3 Å². The lowest BCUT2D eigenvalue weighted by molar-refractivity contribution is -0.121. The maximum atomic E-state index is 12.9. The molecule has 0 aliphatic carbocycles. The molecule has 1 N–H and O–H groups in total. The highest BCUT2D eigenvalue weighted by molar-refractivity contribution is 5.99. The predicted molar refractivity (Wildman–Crippen MR) is 88.7 cm³/mol. The van der Waals surface area contributed by atoms with Gasteiger partial charge in [-0.25, -0.2) is 9.82 Å². The van der Waals surface area contributed by atoms with E-state index in [1.807, 2.05) is 41.1 Å². The maximum absolute atomic E-state index is 12.9. The molecule has 23 heavy (non-hydrogen) atoms. The molecule has 0 unspecified atom stereocenters. The third-order valence-electron chi connectivity index (χ3n) is 3.60. The lowest BCUT2D eigenvalue weighted by Crippen LogP contribution is -2.23.